The molecule has 0 saturated carbocycles. The average molecular weight is 392 g/mol. The molecule has 2 heterocycles. The zero-order valence-electron chi connectivity index (χ0n) is 15.6. The van der Waals surface area contributed by atoms with E-state index in [1.165, 1.54) is 5.56 Å². The summed E-state index contributed by atoms with van der Waals surface area (Å²) >= 11 is 1.55. The summed E-state index contributed by atoms with van der Waals surface area (Å²) in [7, 11) is 0. The number of benzene rings is 2. The van der Waals surface area contributed by atoms with Crippen LogP contribution in [0.3, 0.4) is 0 Å². The normalized spacial score (nSPS) is 11.0. The first-order chi connectivity index (χ1) is 13.7. The number of para-hydroxylation sites is 1. The highest BCUT2D eigenvalue weighted by atomic mass is 32.1. The molecule has 142 valence electrons. The SMILES string of the molecule is Cc1cc(NC(=O)CNCCc2ccccc2)n(-c2nc3ccccc3s2)n1. The van der Waals surface area contributed by atoms with Crippen LogP contribution in [0.2, 0.25) is 0 Å². The Kier molecular flexibility index (Phi) is 5.45. The van der Waals surface area contributed by atoms with Crippen LogP contribution in [0.4, 0.5) is 5.82 Å². The fraction of sp³-hybridized carbons (Fsp3) is 0.190. The lowest BCUT2D eigenvalue weighted by Gasteiger charge is -2.08. The first-order valence-corrected chi connectivity index (χ1v) is 9.98. The predicted molar refractivity (Wildman–Crippen MR) is 113 cm³/mol. The van der Waals surface area contributed by atoms with Crippen molar-refractivity contribution in [3.05, 3.63) is 71.9 Å². The van der Waals surface area contributed by atoms with E-state index in [4.69, 9.17) is 0 Å². The molecule has 0 saturated heterocycles. The van der Waals surface area contributed by atoms with Crippen molar-refractivity contribution >= 4 is 33.3 Å². The Bertz CT molecular complexity index is 1050. The summed E-state index contributed by atoms with van der Waals surface area (Å²) in [6, 6.07) is 20.0. The monoisotopic (exact) mass is 391 g/mol. The molecular weight excluding hydrogens is 370 g/mol. The van der Waals surface area contributed by atoms with Crippen LogP contribution < -0.4 is 10.6 Å². The number of hydrogen-bond acceptors (Lipinski definition) is 5. The zero-order valence-corrected chi connectivity index (χ0v) is 16.4. The van der Waals surface area contributed by atoms with Crippen LogP contribution in [0.1, 0.15) is 11.3 Å². The number of nitrogens with one attached hydrogen (secondary N) is 2. The van der Waals surface area contributed by atoms with E-state index in [-0.39, 0.29) is 12.5 Å². The highest BCUT2D eigenvalue weighted by molar-refractivity contribution is 7.20. The second-order valence-electron chi connectivity index (χ2n) is 6.51. The molecule has 6 nitrogen and oxygen atoms in total. The van der Waals surface area contributed by atoms with Crippen LogP contribution in [-0.2, 0) is 11.2 Å². The van der Waals surface area contributed by atoms with Crippen molar-refractivity contribution in [2.45, 2.75) is 13.3 Å². The van der Waals surface area contributed by atoms with Crippen molar-refractivity contribution in [1.82, 2.24) is 20.1 Å². The number of fused-ring (bicyclic) bond motifs is 1. The number of nitrogens with zero attached hydrogens (tertiary/aromatic N) is 3. The van der Waals surface area contributed by atoms with Crippen molar-refractivity contribution < 1.29 is 4.79 Å². The van der Waals surface area contributed by atoms with Crippen LogP contribution in [0.15, 0.2) is 60.7 Å². The molecule has 0 aliphatic rings. The number of carbonyl (C=O) groups is 1. The summed E-state index contributed by atoms with van der Waals surface area (Å²) in [5.74, 6) is 0.529. The lowest BCUT2D eigenvalue weighted by atomic mass is 10.1. The van der Waals surface area contributed by atoms with E-state index in [9.17, 15) is 4.79 Å². The second-order valence-corrected chi connectivity index (χ2v) is 7.52. The van der Waals surface area contributed by atoms with Gasteiger partial charge in [-0.25, -0.2) is 4.98 Å². The van der Waals surface area contributed by atoms with Gasteiger partial charge in [-0.2, -0.15) is 9.78 Å². The maximum absolute atomic E-state index is 12.4. The van der Waals surface area contributed by atoms with Crippen molar-refractivity contribution in [1.29, 1.82) is 0 Å². The van der Waals surface area contributed by atoms with Gasteiger partial charge in [0, 0.05) is 6.07 Å². The number of aromatic nitrogens is 3. The standard InChI is InChI=1S/C21H21N5OS/c1-15-13-19(24-20(27)14-22-12-11-16-7-3-2-4-8-16)26(25-15)21-23-17-9-5-6-10-18(17)28-21/h2-10,13,22H,11-12,14H2,1H3,(H,24,27). The van der Waals surface area contributed by atoms with Gasteiger partial charge in [0.1, 0.15) is 5.82 Å². The van der Waals surface area contributed by atoms with Gasteiger partial charge < -0.3 is 10.6 Å². The molecular formula is C21H21N5OS. The van der Waals surface area contributed by atoms with Crippen LogP contribution in [0.25, 0.3) is 15.3 Å². The fourth-order valence-electron chi connectivity index (χ4n) is 2.95. The first-order valence-electron chi connectivity index (χ1n) is 9.16. The number of carbonyl (C=O) groups excluding carboxylic acids is 1. The van der Waals surface area contributed by atoms with Crippen LogP contribution in [0.5, 0.6) is 0 Å². The van der Waals surface area contributed by atoms with Crippen LogP contribution in [-0.4, -0.2) is 33.8 Å². The Morgan fingerprint density at radius 3 is 2.71 bits per heavy atom. The summed E-state index contributed by atoms with van der Waals surface area (Å²) < 4.78 is 2.78. The summed E-state index contributed by atoms with van der Waals surface area (Å²) in [5.41, 5.74) is 3.00. The molecule has 2 aromatic heterocycles. The van der Waals surface area contributed by atoms with Crippen LogP contribution in [0, 0.1) is 6.92 Å². The van der Waals surface area contributed by atoms with Crippen molar-refractivity contribution in [3.8, 4) is 5.13 Å². The average Bonchev–Trinajstić information content (AvgIpc) is 3.29. The molecule has 28 heavy (non-hydrogen) atoms. The molecule has 2 aromatic carbocycles. The number of hydrogen-bond donors (Lipinski definition) is 2. The molecule has 0 fully saturated rings. The van der Waals surface area contributed by atoms with E-state index >= 15 is 0 Å². The van der Waals surface area contributed by atoms with Crippen molar-refractivity contribution in [2.24, 2.45) is 0 Å². The lowest BCUT2D eigenvalue weighted by molar-refractivity contribution is -0.115. The van der Waals surface area contributed by atoms with E-state index in [2.05, 4.69) is 32.8 Å². The zero-order chi connectivity index (χ0) is 19.3. The minimum atomic E-state index is -0.102. The third-order valence-corrected chi connectivity index (χ3v) is 5.29. The predicted octanol–water partition coefficient (Wildman–Crippen LogP) is 3.56. The molecule has 0 unspecified atom stereocenters. The molecule has 0 aliphatic carbocycles. The molecule has 0 radical (unpaired) electrons. The maximum atomic E-state index is 12.4. The first kappa shape index (κ1) is 18.3. The number of rotatable bonds is 7. The van der Waals surface area contributed by atoms with E-state index in [0.717, 1.165) is 34.0 Å². The molecule has 0 aliphatic heterocycles. The summed E-state index contributed by atoms with van der Waals surface area (Å²) in [4.78, 5) is 17.0. The number of thiazole rings is 1. The quantitative estimate of drug-likeness (QED) is 0.473. The number of aryl methyl sites for hydroxylation is 1. The number of amides is 1. The van der Waals surface area contributed by atoms with Gasteiger partial charge in [0.2, 0.25) is 11.0 Å². The van der Waals surface area contributed by atoms with Crippen LogP contribution >= 0.6 is 11.3 Å². The van der Waals surface area contributed by atoms with Gasteiger partial charge in [0.05, 0.1) is 22.5 Å². The number of anilines is 1. The van der Waals surface area contributed by atoms with Gasteiger partial charge in [-0.15, -0.1) is 0 Å². The molecule has 7 heteroatoms. The summed E-state index contributed by atoms with van der Waals surface area (Å²) in [6.45, 7) is 2.89. The molecule has 2 N–H and O–H groups in total. The maximum Gasteiger partial charge on any atom is 0.239 e. The lowest BCUT2D eigenvalue weighted by Crippen LogP contribution is -2.30. The minimum absolute atomic E-state index is 0.102. The van der Waals surface area contributed by atoms with E-state index in [1.54, 1.807) is 16.0 Å². The Morgan fingerprint density at radius 2 is 1.89 bits per heavy atom. The second kappa shape index (κ2) is 8.33. The van der Waals surface area contributed by atoms with E-state index in [0.29, 0.717) is 5.82 Å². The van der Waals surface area contributed by atoms with Gasteiger partial charge in [-0.05, 0) is 37.6 Å². The molecule has 0 spiro atoms. The Hall–Kier alpha value is -3.03. The molecule has 4 rings (SSSR count). The molecule has 1 amide bonds. The third-order valence-electron chi connectivity index (χ3n) is 4.28. The van der Waals surface area contributed by atoms with Crippen molar-refractivity contribution in [2.75, 3.05) is 18.4 Å². The topological polar surface area (TPSA) is 71.8 Å². The van der Waals surface area contributed by atoms with Gasteiger partial charge in [0.15, 0.2) is 0 Å². The molecule has 4 aromatic rings. The smallest absolute Gasteiger partial charge is 0.239 e. The fourth-order valence-corrected chi connectivity index (χ4v) is 3.88. The van der Waals surface area contributed by atoms with Gasteiger partial charge in [-0.3, -0.25) is 4.79 Å². The Balaban J connectivity index is 1.38. The molecule has 0 atom stereocenters. The van der Waals surface area contributed by atoms with E-state index in [1.807, 2.05) is 55.5 Å². The van der Waals surface area contributed by atoms with Crippen molar-refractivity contribution in [3.63, 3.8) is 0 Å². The molecule has 0 bridgehead atoms. The van der Waals surface area contributed by atoms with Gasteiger partial charge in [-0.1, -0.05) is 53.8 Å². The van der Waals surface area contributed by atoms with Gasteiger partial charge >= 0.3 is 0 Å². The summed E-state index contributed by atoms with van der Waals surface area (Å²) in [5, 5.41) is 11.4. The van der Waals surface area contributed by atoms with Gasteiger partial charge in [0.25, 0.3) is 0 Å². The van der Waals surface area contributed by atoms with E-state index < -0.39 is 0 Å². The highest BCUT2D eigenvalue weighted by Crippen LogP contribution is 2.26. The largest absolute Gasteiger partial charge is 0.309 e. The minimum Gasteiger partial charge on any atom is -0.309 e. The highest BCUT2D eigenvalue weighted by Gasteiger charge is 2.14. The Labute approximate surface area is 167 Å². The third kappa shape index (κ3) is 4.27. The summed E-state index contributed by atoms with van der Waals surface area (Å²) in [6.07, 6.45) is 0.886. The Morgan fingerprint density at radius 1 is 1.11 bits per heavy atom.